The fraction of sp³-hybridized carbons (Fsp3) is 0.214. The second-order valence-corrected chi connectivity index (χ2v) is 6.40. The molecular weight excluding hydrogens is 346 g/mol. The first-order chi connectivity index (χ1) is 9.15. The van der Waals surface area contributed by atoms with Crippen molar-refractivity contribution in [3.05, 3.63) is 50.1 Å². The van der Waals surface area contributed by atoms with Crippen molar-refractivity contribution in [1.82, 2.24) is 0 Å². The van der Waals surface area contributed by atoms with Crippen LogP contribution < -0.4 is 5.32 Å². The van der Waals surface area contributed by atoms with E-state index in [2.05, 4.69) is 32.7 Å². The van der Waals surface area contributed by atoms with E-state index in [-0.39, 0.29) is 5.91 Å². The predicted molar refractivity (Wildman–Crippen MR) is 85.0 cm³/mol. The SMILES string of the molecule is O=C(CCCc1cccs1)Nc1ccc(Br)c(Cl)c1. The summed E-state index contributed by atoms with van der Waals surface area (Å²) in [7, 11) is 0. The average molecular weight is 359 g/mol. The molecule has 100 valence electrons. The molecule has 1 N–H and O–H groups in total. The Kier molecular flexibility index (Phi) is 5.43. The third-order valence-corrected chi connectivity index (χ3v) is 4.78. The molecule has 0 radical (unpaired) electrons. The molecule has 2 nitrogen and oxygen atoms in total. The summed E-state index contributed by atoms with van der Waals surface area (Å²) < 4.78 is 0.824. The van der Waals surface area contributed by atoms with Crippen LogP contribution in [0, 0.1) is 0 Å². The lowest BCUT2D eigenvalue weighted by molar-refractivity contribution is -0.116. The molecule has 0 bridgehead atoms. The number of rotatable bonds is 5. The zero-order chi connectivity index (χ0) is 13.7. The normalized spacial score (nSPS) is 10.4. The number of thiophene rings is 1. The van der Waals surface area contributed by atoms with E-state index in [0.29, 0.717) is 11.4 Å². The Hall–Kier alpha value is -0.840. The molecule has 2 aromatic rings. The summed E-state index contributed by atoms with van der Waals surface area (Å²) in [4.78, 5) is 13.1. The molecule has 5 heteroatoms. The summed E-state index contributed by atoms with van der Waals surface area (Å²) in [5.74, 6) is 0.0231. The fourth-order valence-electron chi connectivity index (χ4n) is 1.68. The molecule has 0 aliphatic rings. The number of aryl methyl sites for hydroxylation is 1. The maximum atomic E-state index is 11.8. The van der Waals surface area contributed by atoms with Gasteiger partial charge in [-0.2, -0.15) is 0 Å². The van der Waals surface area contributed by atoms with Crippen LogP contribution in [0.3, 0.4) is 0 Å². The van der Waals surface area contributed by atoms with Crippen molar-refractivity contribution in [1.29, 1.82) is 0 Å². The van der Waals surface area contributed by atoms with Crippen molar-refractivity contribution in [2.75, 3.05) is 5.32 Å². The molecule has 0 saturated carbocycles. The van der Waals surface area contributed by atoms with E-state index in [1.165, 1.54) is 4.88 Å². The molecule has 0 atom stereocenters. The monoisotopic (exact) mass is 357 g/mol. The highest BCUT2D eigenvalue weighted by atomic mass is 79.9. The standard InChI is InChI=1S/C14H13BrClNOS/c15-12-7-6-10(9-13(12)16)17-14(18)5-1-3-11-4-2-8-19-11/h2,4,6-9H,1,3,5H2,(H,17,18). The third kappa shape index (κ3) is 4.64. The molecule has 0 aliphatic heterocycles. The number of anilines is 1. The van der Waals surface area contributed by atoms with E-state index in [9.17, 15) is 4.79 Å². The van der Waals surface area contributed by atoms with Gasteiger partial charge in [-0.05, 0) is 58.4 Å². The lowest BCUT2D eigenvalue weighted by atomic mass is 10.2. The van der Waals surface area contributed by atoms with Gasteiger partial charge in [0.15, 0.2) is 0 Å². The lowest BCUT2D eigenvalue weighted by Crippen LogP contribution is -2.11. The minimum atomic E-state index is 0.0231. The van der Waals surface area contributed by atoms with Crippen LogP contribution in [0.2, 0.25) is 5.02 Å². The quantitative estimate of drug-likeness (QED) is 0.789. The van der Waals surface area contributed by atoms with Gasteiger partial charge in [-0.3, -0.25) is 4.79 Å². The lowest BCUT2D eigenvalue weighted by Gasteiger charge is -2.06. The second-order valence-electron chi connectivity index (χ2n) is 4.11. The van der Waals surface area contributed by atoms with Crippen LogP contribution in [0.1, 0.15) is 17.7 Å². The first-order valence-electron chi connectivity index (χ1n) is 5.92. The molecule has 0 unspecified atom stereocenters. The van der Waals surface area contributed by atoms with Crippen molar-refractivity contribution < 1.29 is 4.79 Å². The number of halogens is 2. The van der Waals surface area contributed by atoms with Gasteiger partial charge in [0.05, 0.1) is 5.02 Å². The van der Waals surface area contributed by atoms with Gasteiger partial charge in [0.25, 0.3) is 0 Å². The molecule has 19 heavy (non-hydrogen) atoms. The Labute approximate surface area is 129 Å². The van der Waals surface area contributed by atoms with E-state index in [1.807, 2.05) is 18.2 Å². The molecular formula is C14H13BrClNOS. The Morgan fingerprint density at radius 1 is 1.37 bits per heavy atom. The highest BCUT2D eigenvalue weighted by Gasteiger charge is 2.05. The minimum absolute atomic E-state index is 0.0231. The Bertz CT molecular complexity index is 557. The summed E-state index contributed by atoms with van der Waals surface area (Å²) in [5, 5.41) is 5.50. The maximum Gasteiger partial charge on any atom is 0.224 e. The Balaban J connectivity index is 1.79. The first-order valence-corrected chi connectivity index (χ1v) is 7.97. The van der Waals surface area contributed by atoms with Crippen LogP contribution in [0.5, 0.6) is 0 Å². The van der Waals surface area contributed by atoms with Gasteiger partial charge < -0.3 is 5.32 Å². The second kappa shape index (κ2) is 7.08. The van der Waals surface area contributed by atoms with Gasteiger partial charge in [0.1, 0.15) is 0 Å². The van der Waals surface area contributed by atoms with Crippen LogP contribution >= 0.6 is 38.9 Å². The largest absolute Gasteiger partial charge is 0.326 e. The highest BCUT2D eigenvalue weighted by Crippen LogP contribution is 2.25. The highest BCUT2D eigenvalue weighted by molar-refractivity contribution is 9.10. The predicted octanol–water partition coefficient (Wildman–Crippen LogP) is 5.13. The topological polar surface area (TPSA) is 29.1 Å². The van der Waals surface area contributed by atoms with Crippen LogP contribution in [0.4, 0.5) is 5.69 Å². The zero-order valence-electron chi connectivity index (χ0n) is 10.2. The maximum absolute atomic E-state index is 11.8. The van der Waals surface area contributed by atoms with E-state index < -0.39 is 0 Å². The van der Waals surface area contributed by atoms with Crippen LogP contribution in [-0.2, 0) is 11.2 Å². The number of hydrogen-bond acceptors (Lipinski definition) is 2. The fourth-order valence-corrected chi connectivity index (χ4v) is 2.85. The number of nitrogens with one attached hydrogen (secondary N) is 1. The van der Waals surface area contributed by atoms with Gasteiger partial charge in [-0.15, -0.1) is 11.3 Å². The summed E-state index contributed by atoms with van der Waals surface area (Å²) in [6, 6.07) is 9.51. The molecule has 1 amide bonds. The van der Waals surface area contributed by atoms with E-state index >= 15 is 0 Å². The van der Waals surface area contributed by atoms with Crippen molar-refractivity contribution in [2.45, 2.75) is 19.3 Å². The van der Waals surface area contributed by atoms with Gasteiger partial charge in [-0.1, -0.05) is 17.7 Å². The number of carbonyl (C=O) groups excluding carboxylic acids is 1. The molecule has 0 aliphatic carbocycles. The number of carbonyl (C=O) groups is 1. The Morgan fingerprint density at radius 3 is 2.89 bits per heavy atom. The van der Waals surface area contributed by atoms with Gasteiger partial charge in [0.2, 0.25) is 5.91 Å². The molecule has 2 rings (SSSR count). The average Bonchev–Trinajstić information content (AvgIpc) is 2.87. The first kappa shape index (κ1) is 14.6. The van der Waals surface area contributed by atoms with Crippen LogP contribution in [0.25, 0.3) is 0 Å². The van der Waals surface area contributed by atoms with Gasteiger partial charge in [0, 0.05) is 21.5 Å². The van der Waals surface area contributed by atoms with Crippen LogP contribution in [-0.4, -0.2) is 5.91 Å². The summed E-state index contributed by atoms with van der Waals surface area (Å²) >= 11 is 11.0. The van der Waals surface area contributed by atoms with Crippen LogP contribution in [0.15, 0.2) is 40.2 Å². The molecule has 1 heterocycles. The molecule has 0 saturated heterocycles. The Morgan fingerprint density at radius 2 is 2.21 bits per heavy atom. The molecule has 0 fully saturated rings. The number of amides is 1. The van der Waals surface area contributed by atoms with Crippen molar-refractivity contribution in [3.8, 4) is 0 Å². The number of benzene rings is 1. The van der Waals surface area contributed by atoms with Crippen molar-refractivity contribution in [2.24, 2.45) is 0 Å². The summed E-state index contributed by atoms with van der Waals surface area (Å²) in [6.07, 6.45) is 2.33. The third-order valence-electron chi connectivity index (χ3n) is 2.61. The molecule has 1 aromatic carbocycles. The van der Waals surface area contributed by atoms with Crippen molar-refractivity contribution >= 4 is 50.5 Å². The van der Waals surface area contributed by atoms with Crippen molar-refractivity contribution in [3.63, 3.8) is 0 Å². The van der Waals surface area contributed by atoms with E-state index in [0.717, 1.165) is 23.0 Å². The van der Waals surface area contributed by atoms with Gasteiger partial charge in [-0.25, -0.2) is 0 Å². The smallest absolute Gasteiger partial charge is 0.224 e. The summed E-state index contributed by atoms with van der Waals surface area (Å²) in [5.41, 5.74) is 0.731. The minimum Gasteiger partial charge on any atom is -0.326 e. The summed E-state index contributed by atoms with van der Waals surface area (Å²) in [6.45, 7) is 0. The zero-order valence-corrected chi connectivity index (χ0v) is 13.3. The number of hydrogen-bond donors (Lipinski definition) is 1. The molecule has 1 aromatic heterocycles. The molecule has 0 spiro atoms. The van der Waals surface area contributed by atoms with E-state index in [1.54, 1.807) is 17.4 Å². The van der Waals surface area contributed by atoms with E-state index in [4.69, 9.17) is 11.6 Å². The van der Waals surface area contributed by atoms with Gasteiger partial charge >= 0.3 is 0 Å².